The molecule has 3 amide bonds. The second-order valence-corrected chi connectivity index (χ2v) is 8.78. The molecule has 3 aromatic rings. The number of carbonyl (C=O) groups is 3. The van der Waals surface area contributed by atoms with Crippen LogP contribution in [0, 0.1) is 6.92 Å². The van der Waals surface area contributed by atoms with Gasteiger partial charge >= 0.3 is 0 Å². The molecule has 1 aromatic heterocycles. The van der Waals surface area contributed by atoms with Gasteiger partial charge in [0.25, 0.3) is 5.91 Å². The third kappa shape index (κ3) is 3.39. The second-order valence-electron chi connectivity index (χ2n) is 8.34. The van der Waals surface area contributed by atoms with Gasteiger partial charge in [0.1, 0.15) is 6.04 Å². The lowest BCUT2D eigenvalue weighted by Crippen LogP contribution is -2.52. The highest BCUT2D eigenvalue weighted by Gasteiger charge is 2.39. The first-order chi connectivity index (χ1) is 15.3. The van der Waals surface area contributed by atoms with Crippen molar-refractivity contribution >= 4 is 29.3 Å². The number of rotatable bonds is 3. The number of aromatic nitrogens is 2. The van der Waals surface area contributed by atoms with Crippen molar-refractivity contribution in [2.75, 3.05) is 0 Å². The van der Waals surface area contributed by atoms with Crippen molar-refractivity contribution in [3.63, 3.8) is 0 Å². The summed E-state index contributed by atoms with van der Waals surface area (Å²) in [6.45, 7) is 2.32. The molecule has 32 heavy (non-hydrogen) atoms. The predicted octanol–water partition coefficient (Wildman–Crippen LogP) is 3.48. The van der Waals surface area contributed by atoms with Crippen molar-refractivity contribution < 1.29 is 14.4 Å². The average molecular weight is 449 g/mol. The minimum absolute atomic E-state index is 0.187. The van der Waals surface area contributed by atoms with Gasteiger partial charge < -0.3 is 9.47 Å². The Kier molecular flexibility index (Phi) is 4.86. The third-order valence-electron chi connectivity index (χ3n) is 6.05. The number of amides is 3. The van der Waals surface area contributed by atoms with Crippen molar-refractivity contribution in [1.82, 2.24) is 19.8 Å². The number of nitrogens with zero attached hydrogens (tertiary/aromatic N) is 3. The molecule has 0 radical (unpaired) electrons. The first kappa shape index (κ1) is 20.5. The number of carbonyl (C=O) groups excluding carboxylic acids is 3. The molecule has 1 unspecified atom stereocenters. The SMILES string of the molecule is Cc1cc(Cl)cc(-c2c(-c3ccc4c(c3)CN(C3CCC(=O)NC3=O)C4=O)ncn2C)c1. The van der Waals surface area contributed by atoms with Crippen LogP contribution in [0.25, 0.3) is 22.5 Å². The number of nitrogens with one attached hydrogen (secondary N) is 1. The standard InChI is InChI=1S/C24H21ClN4O3/c1-13-7-15(10-17(25)8-13)22-21(26-12-28(22)2)14-3-4-18-16(9-14)11-29(24(18)32)19-5-6-20(30)27-23(19)31/h3-4,7-10,12,19H,5-6,11H2,1-2H3,(H,27,30,31). The van der Waals surface area contributed by atoms with E-state index in [4.69, 9.17) is 11.6 Å². The van der Waals surface area contributed by atoms with Crippen molar-refractivity contribution in [1.29, 1.82) is 0 Å². The average Bonchev–Trinajstić information content (AvgIpc) is 3.27. The van der Waals surface area contributed by atoms with Crippen LogP contribution >= 0.6 is 11.6 Å². The number of imide groups is 1. The van der Waals surface area contributed by atoms with E-state index < -0.39 is 11.9 Å². The quantitative estimate of drug-likeness (QED) is 0.622. The summed E-state index contributed by atoms with van der Waals surface area (Å²) in [7, 11) is 1.93. The summed E-state index contributed by atoms with van der Waals surface area (Å²) in [6, 6.07) is 10.9. The summed E-state index contributed by atoms with van der Waals surface area (Å²) >= 11 is 6.29. The summed E-state index contributed by atoms with van der Waals surface area (Å²) in [4.78, 5) is 42.9. The van der Waals surface area contributed by atoms with Gasteiger partial charge in [0, 0.05) is 41.7 Å². The minimum Gasteiger partial charge on any atom is -0.333 e. The molecular formula is C24H21ClN4O3. The Balaban J connectivity index is 1.51. The minimum atomic E-state index is -0.629. The van der Waals surface area contributed by atoms with E-state index in [2.05, 4.69) is 16.4 Å². The highest BCUT2D eigenvalue weighted by atomic mass is 35.5. The van der Waals surface area contributed by atoms with Crippen LogP contribution in [0.2, 0.25) is 5.02 Å². The van der Waals surface area contributed by atoms with E-state index in [0.29, 0.717) is 23.6 Å². The normalized spacial score (nSPS) is 18.2. The zero-order chi connectivity index (χ0) is 22.6. The molecule has 2 aromatic carbocycles. The third-order valence-corrected chi connectivity index (χ3v) is 6.27. The van der Waals surface area contributed by atoms with E-state index in [1.807, 2.05) is 42.8 Å². The zero-order valence-corrected chi connectivity index (χ0v) is 18.4. The lowest BCUT2D eigenvalue weighted by Gasteiger charge is -2.29. The molecule has 2 aliphatic heterocycles. The molecule has 8 heteroatoms. The van der Waals surface area contributed by atoms with Crippen LogP contribution in [0.4, 0.5) is 0 Å². The lowest BCUT2D eigenvalue weighted by molar-refractivity contribution is -0.136. The van der Waals surface area contributed by atoms with Crippen molar-refractivity contribution in [2.24, 2.45) is 7.05 Å². The molecule has 1 saturated heterocycles. The molecule has 5 rings (SSSR count). The molecule has 1 atom stereocenters. The van der Waals surface area contributed by atoms with Gasteiger partial charge in [-0.25, -0.2) is 4.98 Å². The van der Waals surface area contributed by atoms with Crippen LogP contribution in [-0.4, -0.2) is 38.2 Å². The summed E-state index contributed by atoms with van der Waals surface area (Å²) in [5.74, 6) is -0.893. The highest BCUT2D eigenvalue weighted by molar-refractivity contribution is 6.31. The van der Waals surface area contributed by atoms with Gasteiger partial charge in [-0.3, -0.25) is 19.7 Å². The first-order valence-corrected chi connectivity index (χ1v) is 10.8. The molecule has 0 bridgehead atoms. The Morgan fingerprint density at radius 2 is 1.91 bits per heavy atom. The number of hydrogen-bond donors (Lipinski definition) is 1. The molecule has 0 saturated carbocycles. The summed E-state index contributed by atoms with van der Waals surface area (Å²) < 4.78 is 1.95. The fraction of sp³-hybridized carbons (Fsp3) is 0.250. The summed E-state index contributed by atoms with van der Waals surface area (Å²) in [5, 5.41) is 2.99. The van der Waals surface area contributed by atoms with Crippen LogP contribution in [0.5, 0.6) is 0 Å². The Labute approximate surface area is 190 Å². The Hall–Kier alpha value is -3.45. The number of fused-ring (bicyclic) bond motifs is 1. The van der Waals surface area contributed by atoms with Gasteiger partial charge in [-0.05, 0) is 54.8 Å². The molecule has 2 aliphatic rings. The number of hydrogen-bond acceptors (Lipinski definition) is 4. The Morgan fingerprint density at radius 3 is 2.66 bits per heavy atom. The zero-order valence-electron chi connectivity index (χ0n) is 17.7. The van der Waals surface area contributed by atoms with Gasteiger partial charge in [0.15, 0.2) is 0 Å². The smallest absolute Gasteiger partial charge is 0.255 e. The number of benzene rings is 2. The van der Waals surface area contributed by atoms with E-state index in [0.717, 1.165) is 33.6 Å². The lowest BCUT2D eigenvalue weighted by atomic mass is 10.00. The number of piperidine rings is 1. The maximum atomic E-state index is 13.0. The van der Waals surface area contributed by atoms with E-state index >= 15 is 0 Å². The van der Waals surface area contributed by atoms with Gasteiger partial charge in [-0.2, -0.15) is 0 Å². The van der Waals surface area contributed by atoms with E-state index in [1.54, 1.807) is 17.3 Å². The predicted molar refractivity (Wildman–Crippen MR) is 120 cm³/mol. The monoisotopic (exact) mass is 448 g/mol. The fourth-order valence-corrected chi connectivity index (χ4v) is 4.87. The van der Waals surface area contributed by atoms with Gasteiger partial charge in [-0.15, -0.1) is 0 Å². The molecule has 3 heterocycles. The highest BCUT2D eigenvalue weighted by Crippen LogP contribution is 2.36. The maximum absolute atomic E-state index is 13.0. The second kappa shape index (κ2) is 7.60. The number of imidazole rings is 1. The molecule has 1 fully saturated rings. The molecule has 1 N–H and O–H groups in total. The van der Waals surface area contributed by atoms with Crippen molar-refractivity contribution in [3.8, 4) is 22.5 Å². The fourth-order valence-electron chi connectivity index (χ4n) is 4.58. The van der Waals surface area contributed by atoms with Gasteiger partial charge in [-0.1, -0.05) is 17.7 Å². The van der Waals surface area contributed by atoms with Crippen LogP contribution in [0.1, 0.15) is 34.3 Å². The number of aryl methyl sites for hydroxylation is 2. The topological polar surface area (TPSA) is 84.3 Å². The van der Waals surface area contributed by atoms with Crippen molar-refractivity contribution in [2.45, 2.75) is 32.4 Å². The van der Waals surface area contributed by atoms with Gasteiger partial charge in [0.05, 0.1) is 17.7 Å². The van der Waals surface area contributed by atoms with E-state index in [-0.39, 0.29) is 18.2 Å². The van der Waals surface area contributed by atoms with Crippen LogP contribution in [0.15, 0.2) is 42.7 Å². The van der Waals surface area contributed by atoms with Crippen LogP contribution in [-0.2, 0) is 23.2 Å². The van der Waals surface area contributed by atoms with E-state index in [9.17, 15) is 14.4 Å². The Bertz CT molecular complexity index is 1280. The largest absolute Gasteiger partial charge is 0.333 e. The first-order valence-electron chi connectivity index (χ1n) is 10.4. The van der Waals surface area contributed by atoms with Crippen molar-refractivity contribution in [3.05, 3.63) is 64.4 Å². The molecule has 0 spiro atoms. The summed E-state index contributed by atoms with van der Waals surface area (Å²) in [5.41, 5.74) is 6.05. The summed E-state index contributed by atoms with van der Waals surface area (Å²) in [6.07, 6.45) is 2.34. The molecule has 0 aliphatic carbocycles. The van der Waals surface area contributed by atoms with Crippen LogP contribution in [0.3, 0.4) is 0 Å². The molecular weight excluding hydrogens is 428 g/mol. The van der Waals surface area contributed by atoms with Gasteiger partial charge in [0.2, 0.25) is 11.8 Å². The molecule has 162 valence electrons. The molecule has 7 nitrogen and oxygen atoms in total. The van der Waals surface area contributed by atoms with Crippen LogP contribution < -0.4 is 5.32 Å². The Morgan fingerprint density at radius 1 is 1.09 bits per heavy atom. The maximum Gasteiger partial charge on any atom is 0.255 e. The number of halogens is 1. The van der Waals surface area contributed by atoms with E-state index in [1.165, 1.54) is 0 Å².